The molecule has 1 aliphatic rings. The van der Waals surface area contributed by atoms with Crippen LogP contribution in [0.5, 0.6) is 5.75 Å². The van der Waals surface area contributed by atoms with Crippen LogP contribution in [0.25, 0.3) is 0 Å². The van der Waals surface area contributed by atoms with E-state index in [1.165, 1.54) is 32.1 Å². The maximum absolute atomic E-state index is 6.01. The predicted octanol–water partition coefficient (Wildman–Crippen LogP) is 3.66. The molecule has 1 aliphatic carbocycles. The Balaban J connectivity index is 1.97. The van der Waals surface area contributed by atoms with Crippen LogP contribution in [0.2, 0.25) is 0 Å². The molecule has 3 N–H and O–H groups in total. The van der Waals surface area contributed by atoms with Crippen molar-refractivity contribution in [2.45, 2.75) is 39.0 Å². The second-order valence-electron chi connectivity index (χ2n) is 5.68. The number of methoxy groups -OCH3 is 1. The molecule has 0 atom stereocenters. The van der Waals surface area contributed by atoms with Crippen LogP contribution in [0.1, 0.15) is 39.0 Å². The number of hydrogen-bond donors (Lipinski definition) is 2. The van der Waals surface area contributed by atoms with Crippen molar-refractivity contribution in [1.29, 1.82) is 0 Å². The molecule has 0 spiro atoms. The fraction of sp³-hybridized carbons (Fsp3) is 0.600. The Labute approximate surface area is 110 Å². The van der Waals surface area contributed by atoms with Crippen molar-refractivity contribution in [3.8, 4) is 5.75 Å². The molecule has 0 saturated heterocycles. The molecule has 3 heteroatoms. The molecule has 2 rings (SSSR count). The number of rotatable bonds is 4. The van der Waals surface area contributed by atoms with E-state index in [1.54, 1.807) is 7.11 Å². The van der Waals surface area contributed by atoms with Crippen LogP contribution in [0.15, 0.2) is 18.2 Å². The molecule has 3 nitrogen and oxygen atoms in total. The Morgan fingerprint density at radius 1 is 1.28 bits per heavy atom. The van der Waals surface area contributed by atoms with E-state index >= 15 is 0 Å². The molecule has 18 heavy (non-hydrogen) atoms. The van der Waals surface area contributed by atoms with Gasteiger partial charge < -0.3 is 15.8 Å². The second kappa shape index (κ2) is 5.51. The normalized spacial score (nSPS) is 18.3. The predicted molar refractivity (Wildman–Crippen MR) is 77.1 cm³/mol. The smallest absolute Gasteiger partial charge is 0.121 e. The summed E-state index contributed by atoms with van der Waals surface area (Å²) in [6, 6.07) is 5.81. The molecule has 0 bridgehead atoms. The molecule has 0 radical (unpaired) electrons. The van der Waals surface area contributed by atoms with Gasteiger partial charge in [-0.3, -0.25) is 0 Å². The van der Waals surface area contributed by atoms with E-state index in [2.05, 4.69) is 12.2 Å². The number of ether oxygens (including phenoxy) is 1. The number of nitrogen functional groups attached to an aromatic ring is 1. The van der Waals surface area contributed by atoms with E-state index < -0.39 is 0 Å². The highest BCUT2D eigenvalue weighted by molar-refractivity contribution is 5.68. The van der Waals surface area contributed by atoms with Crippen molar-refractivity contribution < 1.29 is 4.74 Å². The van der Waals surface area contributed by atoms with Crippen molar-refractivity contribution in [3.63, 3.8) is 0 Å². The summed E-state index contributed by atoms with van der Waals surface area (Å²) in [5.41, 5.74) is 8.21. The Kier molecular flexibility index (Phi) is 4.00. The summed E-state index contributed by atoms with van der Waals surface area (Å²) in [6.07, 6.45) is 6.74. The van der Waals surface area contributed by atoms with Gasteiger partial charge in [0.1, 0.15) is 5.75 Å². The molecule has 1 saturated carbocycles. The number of hydrogen-bond acceptors (Lipinski definition) is 3. The minimum Gasteiger partial charge on any atom is -0.497 e. The van der Waals surface area contributed by atoms with Gasteiger partial charge in [0, 0.05) is 12.6 Å². The van der Waals surface area contributed by atoms with Gasteiger partial charge in [0.05, 0.1) is 18.5 Å². The maximum Gasteiger partial charge on any atom is 0.121 e. The largest absolute Gasteiger partial charge is 0.497 e. The number of benzene rings is 1. The third kappa shape index (κ3) is 3.09. The third-order valence-corrected chi connectivity index (χ3v) is 4.03. The van der Waals surface area contributed by atoms with Crippen molar-refractivity contribution >= 4 is 11.4 Å². The lowest BCUT2D eigenvalue weighted by atomic mass is 9.76. The van der Waals surface area contributed by atoms with Crippen LogP contribution in [-0.2, 0) is 0 Å². The molecule has 0 amide bonds. The lowest BCUT2D eigenvalue weighted by Gasteiger charge is -2.34. The average molecular weight is 248 g/mol. The lowest BCUT2D eigenvalue weighted by molar-refractivity contribution is 0.233. The first-order valence-electron chi connectivity index (χ1n) is 6.80. The zero-order valence-electron chi connectivity index (χ0n) is 11.5. The Bertz CT molecular complexity index is 397. The van der Waals surface area contributed by atoms with Crippen LogP contribution in [0, 0.1) is 5.41 Å². The Morgan fingerprint density at radius 3 is 2.61 bits per heavy atom. The van der Waals surface area contributed by atoms with Gasteiger partial charge in [0.15, 0.2) is 0 Å². The number of nitrogens with two attached hydrogens (primary N) is 1. The van der Waals surface area contributed by atoms with Crippen LogP contribution in [-0.4, -0.2) is 13.7 Å². The molecule has 0 aromatic heterocycles. The minimum atomic E-state index is 0.421. The summed E-state index contributed by atoms with van der Waals surface area (Å²) in [7, 11) is 1.66. The summed E-state index contributed by atoms with van der Waals surface area (Å²) in [5, 5.41) is 3.49. The van der Waals surface area contributed by atoms with Crippen molar-refractivity contribution in [2.75, 3.05) is 24.7 Å². The number of nitrogens with one attached hydrogen (secondary N) is 1. The van der Waals surface area contributed by atoms with E-state index in [-0.39, 0.29) is 0 Å². The Hall–Kier alpha value is -1.38. The monoisotopic (exact) mass is 248 g/mol. The topological polar surface area (TPSA) is 47.3 Å². The van der Waals surface area contributed by atoms with Gasteiger partial charge in [-0.15, -0.1) is 0 Å². The highest BCUT2D eigenvalue weighted by atomic mass is 16.5. The molecule has 1 aromatic rings. The first-order valence-corrected chi connectivity index (χ1v) is 6.80. The van der Waals surface area contributed by atoms with Crippen molar-refractivity contribution in [2.24, 2.45) is 5.41 Å². The quantitative estimate of drug-likeness (QED) is 0.799. The van der Waals surface area contributed by atoms with E-state index in [0.717, 1.165) is 23.7 Å². The van der Waals surface area contributed by atoms with E-state index in [9.17, 15) is 0 Å². The lowest BCUT2D eigenvalue weighted by Crippen LogP contribution is -2.29. The molecular weight excluding hydrogens is 224 g/mol. The van der Waals surface area contributed by atoms with Crippen LogP contribution in [0.3, 0.4) is 0 Å². The summed E-state index contributed by atoms with van der Waals surface area (Å²) < 4.78 is 5.16. The summed E-state index contributed by atoms with van der Waals surface area (Å²) in [4.78, 5) is 0. The van der Waals surface area contributed by atoms with E-state index in [1.807, 2.05) is 18.2 Å². The van der Waals surface area contributed by atoms with Crippen LogP contribution < -0.4 is 15.8 Å². The van der Waals surface area contributed by atoms with E-state index in [0.29, 0.717) is 5.41 Å². The van der Waals surface area contributed by atoms with Crippen LogP contribution >= 0.6 is 0 Å². The molecular formula is C15H24N2O. The number of anilines is 2. The minimum absolute atomic E-state index is 0.421. The van der Waals surface area contributed by atoms with Crippen molar-refractivity contribution in [1.82, 2.24) is 0 Å². The van der Waals surface area contributed by atoms with Crippen molar-refractivity contribution in [3.05, 3.63) is 18.2 Å². The highest BCUT2D eigenvalue weighted by Crippen LogP contribution is 2.36. The molecule has 0 aliphatic heterocycles. The molecule has 0 unspecified atom stereocenters. The first-order chi connectivity index (χ1) is 8.63. The van der Waals surface area contributed by atoms with Gasteiger partial charge in [0.2, 0.25) is 0 Å². The fourth-order valence-electron chi connectivity index (χ4n) is 2.72. The Morgan fingerprint density at radius 2 is 2.00 bits per heavy atom. The van der Waals surface area contributed by atoms with Gasteiger partial charge >= 0.3 is 0 Å². The van der Waals surface area contributed by atoms with E-state index in [4.69, 9.17) is 10.5 Å². The molecule has 0 heterocycles. The second-order valence-corrected chi connectivity index (χ2v) is 5.68. The van der Waals surface area contributed by atoms with Gasteiger partial charge in [-0.1, -0.05) is 26.2 Å². The zero-order valence-corrected chi connectivity index (χ0v) is 11.5. The average Bonchev–Trinajstić information content (AvgIpc) is 2.38. The highest BCUT2D eigenvalue weighted by Gasteiger charge is 2.26. The van der Waals surface area contributed by atoms with Gasteiger partial charge in [-0.2, -0.15) is 0 Å². The first kappa shape index (κ1) is 13.1. The van der Waals surface area contributed by atoms with Gasteiger partial charge in [0.25, 0.3) is 0 Å². The maximum atomic E-state index is 6.01. The molecule has 100 valence electrons. The summed E-state index contributed by atoms with van der Waals surface area (Å²) in [6.45, 7) is 3.38. The molecule has 1 aromatic carbocycles. The van der Waals surface area contributed by atoms with Gasteiger partial charge in [-0.25, -0.2) is 0 Å². The summed E-state index contributed by atoms with van der Waals surface area (Å²) >= 11 is 0. The van der Waals surface area contributed by atoms with Crippen LogP contribution in [0.4, 0.5) is 11.4 Å². The third-order valence-electron chi connectivity index (χ3n) is 4.03. The SMILES string of the molecule is COc1ccc(NCC2(C)CCCCC2)c(N)c1. The fourth-order valence-corrected chi connectivity index (χ4v) is 2.72. The summed E-state index contributed by atoms with van der Waals surface area (Å²) in [5.74, 6) is 0.807. The molecule has 1 fully saturated rings. The zero-order chi connectivity index (χ0) is 13.0. The van der Waals surface area contributed by atoms with Gasteiger partial charge in [-0.05, 0) is 30.4 Å². The standard InChI is InChI=1S/C15H24N2O/c1-15(8-4-3-5-9-15)11-17-14-7-6-12(18-2)10-13(14)16/h6-7,10,17H,3-5,8-9,11,16H2,1-2H3.